The van der Waals surface area contributed by atoms with Gasteiger partial charge in [0.2, 0.25) is 0 Å². The Morgan fingerprint density at radius 2 is 1.38 bits per heavy atom. The highest BCUT2D eigenvalue weighted by Gasteiger charge is 2.41. The van der Waals surface area contributed by atoms with E-state index in [0.717, 1.165) is 51.4 Å². The number of esters is 2. The Morgan fingerprint density at radius 3 is 1.86 bits per heavy atom. The van der Waals surface area contributed by atoms with Gasteiger partial charge in [-0.3, -0.25) is 9.59 Å². The molecule has 4 unspecified atom stereocenters. The van der Waals surface area contributed by atoms with Crippen molar-refractivity contribution in [3.63, 3.8) is 0 Å². The van der Waals surface area contributed by atoms with Crippen molar-refractivity contribution in [3.8, 4) is 0 Å². The molecule has 1 saturated heterocycles. The van der Waals surface area contributed by atoms with E-state index in [-0.39, 0.29) is 36.8 Å². The van der Waals surface area contributed by atoms with Crippen LogP contribution >= 0.6 is 0 Å². The quantitative estimate of drug-likeness (QED) is 0.444. The van der Waals surface area contributed by atoms with E-state index in [1.807, 2.05) is 27.7 Å². The van der Waals surface area contributed by atoms with Crippen molar-refractivity contribution >= 4 is 11.9 Å². The van der Waals surface area contributed by atoms with E-state index in [2.05, 4.69) is 0 Å². The molecule has 0 aliphatic carbocycles. The van der Waals surface area contributed by atoms with Crippen molar-refractivity contribution < 1.29 is 34.0 Å². The molecule has 7 heteroatoms. The van der Waals surface area contributed by atoms with Gasteiger partial charge in [-0.1, -0.05) is 53.4 Å². The second-order valence-electron chi connectivity index (χ2n) is 8.01. The third kappa shape index (κ3) is 8.60. The maximum atomic E-state index is 12.5. The Bertz CT molecular complexity index is 470. The van der Waals surface area contributed by atoms with Gasteiger partial charge in [-0.2, -0.15) is 0 Å². The smallest absolute Gasteiger partial charge is 0.309 e. The van der Waals surface area contributed by atoms with E-state index >= 15 is 0 Å². The fourth-order valence-electron chi connectivity index (χ4n) is 3.85. The summed E-state index contributed by atoms with van der Waals surface area (Å²) >= 11 is 0. The van der Waals surface area contributed by atoms with Gasteiger partial charge in [0.15, 0.2) is 6.29 Å². The van der Waals surface area contributed by atoms with Crippen LogP contribution < -0.4 is 0 Å². The van der Waals surface area contributed by atoms with Gasteiger partial charge in [-0.25, -0.2) is 0 Å². The number of rotatable bonds is 13. The van der Waals surface area contributed by atoms with E-state index in [1.165, 1.54) is 0 Å². The SMILES string of the molecule is CCCC(CCC)C(=O)OCC1OC(O)CC(OC(=O)C(CCC)CCC)C1O. The monoisotopic (exact) mass is 416 g/mol. The molecule has 1 aliphatic heterocycles. The molecule has 0 spiro atoms. The molecule has 1 rings (SSSR count). The van der Waals surface area contributed by atoms with Gasteiger partial charge < -0.3 is 24.4 Å². The molecule has 1 aliphatic rings. The first kappa shape index (κ1) is 25.9. The summed E-state index contributed by atoms with van der Waals surface area (Å²) in [5.74, 6) is -1.05. The standard InChI is InChI=1S/C22H40O7/c1-5-9-15(10-6-2)21(25)27-14-18-20(24)17(13-19(23)28-18)29-22(26)16(11-7-3)12-8-4/h15-20,23-24H,5-14H2,1-4H3. The highest BCUT2D eigenvalue weighted by atomic mass is 16.6. The number of carbonyl (C=O) groups excluding carboxylic acids is 2. The van der Waals surface area contributed by atoms with Gasteiger partial charge in [0, 0.05) is 6.42 Å². The third-order valence-corrected chi connectivity index (χ3v) is 5.40. The summed E-state index contributed by atoms with van der Waals surface area (Å²) in [6, 6.07) is 0. The number of hydrogen-bond acceptors (Lipinski definition) is 7. The lowest BCUT2D eigenvalue weighted by Gasteiger charge is -2.37. The molecule has 170 valence electrons. The second kappa shape index (κ2) is 13.9. The molecule has 0 radical (unpaired) electrons. The highest BCUT2D eigenvalue weighted by Crippen LogP contribution is 2.25. The molecule has 1 fully saturated rings. The number of aliphatic hydroxyl groups excluding tert-OH is 2. The maximum Gasteiger partial charge on any atom is 0.309 e. The van der Waals surface area contributed by atoms with E-state index in [9.17, 15) is 19.8 Å². The lowest BCUT2D eigenvalue weighted by atomic mass is 9.97. The predicted molar refractivity (Wildman–Crippen MR) is 109 cm³/mol. The lowest BCUT2D eigenvalue weighted by molar-refractivity contribution is -0.249. The van der Waals surface area contributed by atoms with E-state index in [0.29, 0.717) is 0 Å². The Kier molecular flexibility index (Phi) is 12.4. The molecule has 0 aromatic rings. The van der Waals surface area contributed by atoms with Crippen molar-refractivity contribution in [2.45, 2.75) is 110 Å². The second-order valence-corrected chi connectivity index (χ2v) is 8.01. The zero-order chi connectivity index (χ0) is 21.8. The van der Waals surface area contributed by atoms with Crippen molar-refractivity contribution in [2.24, 2.45) is 11.8 Å². The van der Waals surface area contributed by atoms with E-state index in [1.54, 1.807) is 0 Å². The Morgan fingerprint density at radius 1 is 0.897 bits per heavy atom. The van der Waals surface area contributed by atoms with Crippen molar-refractivity contribution in [2.75, 3.05) is 6.61 Å². The fourth-order valence-corrected chi connectivity index (χ4v) is 3.85. The molecule has 7 nitrogen and oxygen atoms in total. The van der Waals surface area contributed by atoms with Crippen LogP contribution in [0.15, 0.2) is 0 Å². The van der Waals surface area contributed by atoms with Gasteiger partial charge in [-0.15, -0.1) is 0 Å². The van der Waals surface area contributed by atoms with Crippen LogP contribution in [-0.2, 0) is 23.8 Å². The fraction of sp³-hybridized carbons (Fsp3) is 0.909. The molecule has 0 aromatic carbocycles. The molecule has 29 heavy (non-hydrogen) atoms. The number of carbonyl (C=O) groups is 2. The summed E-state index contributed by atoms with van der Waals surface area (Å²) in [6.07, 6.45) is 2.31. The van der Waals surface area contributed by atoms with Crippen LogP contribution in [0.1, 0.15) is 85.5 Å². The minimum Gasteiger partial charge on any atom is -0.463 e. The van der Waals surface area contributed by atoms with Gasteiger partial charge in [0.25, 0.3) is 0 Å². The topological polar surface area (TPSA) is 102 Å². The van der Waals surface area contributed by atoms with E-state index in [4.69, 9.17) is 14.2 Å². The number of ether oxygens (including phenoxy) is 3. The minimum absolute atomic E-state index is 0.00336. The molecule has 0 saturated carbocycles. The molecule has 2 N–H and O–H groups in total. The molecule has 0 aromatic heterocycles. The lowest BCUT2D eigenvalue weighted by Crippen LogP contribution is -2.52. The molecule has 0 bridgehead atoms. The van der Waals surface area contributed by atoms with Crippen LogP contribution in [0.2, 0.25) is 0 Å². The molecular weight excluding hydrogens is 376 g/mol. The summed E-state index contributed by atoms with van der Waals surface area (Å²) in [5, 5.41) is 20.6. The minimum atomic E-state index is -1.18. The van der Waals surface area contributed by atoms with Crippen molar-refractivity contribution in [3.05, 3.63) is 0 Å². The van der Waals surface area contributed by atoms with Crippen LogP contribution in [0, 0.1) is 11.8 Å². The molecule has 1 heterocycles. The Balaban J connectivity index is 2.67. The maximum absolute atomic E-state index is 12.5. The summed E-state index contributed by atoms with van der Waals surface area (Å²) in [5.41, 5.74) is 0. The largest absolute Gasteiger partial charge is 0.463 e. The van der Waals surface area contributed by atoms with Crippen LogP contribution in [0.25, 0.3) is 0 Å². The van der Waals surface area contributed by atoms with Crippen LogP contribution in [0.3, 0.4) is 0 Å². The van der Waals surface area contributed by atoms with Crippen LogP contribution in [-0.4, -0.2) is 53.4 Å². The van der Waals surface area contributed by atoms with Crippen molar-refractivity contribution in [1.82, 2.24) is 0 Å². The predicted octanol–water partition coefficient (Wildman–Crippen LogP) is 3.34. The van der Waals surface area contributed by atoms with E-state index < -0.39 is 24.6 Å². The summed E-state index contributed by atoms with van der Waals surface area (Å²) in [4.78, 5) is 24.8. The normalized spacial score (nSPS) is 24.7. The first-order chi connectivity index (χ1) is 13.9. The first-order valence-electron chi connectivity index (χ1n) is 11.3. The van der Waals surface area contributed by atoms with Gasteiger partial charge >= 0.3 is 11.9 Å². The summed E-state index contributed by atoms with van der Waals surface area (Å²) in [6.45, 7) is 7.88. The average Bonchev–Trinajstić information content (AvgIpc) is 2.68. The average molecular weight is 417 g/mol. The molecule has 4 atom stereocenters. The summed E-state index contributed by atoms with van der Waals surface area (Å²) in [7, 11) is 0. The van der Waals surface area contributed by atoms with Gasteiger partial charge in [0.1, 0.15) is 24.9 Å². The van der Waals surface area contributed by atoms with Gasteiger partial charge in [-0.05, 0) is 25.7 Å². The zero-order valence-corrected chi connectivity index (χ0v) is 18.5. The molecular formula is C22H40O7. The molecule has 0 amide bonds. The Labute approximate surface area is 175 Å². The van der Waals surface area contributed by atoms with Crippen LogP contribution in [0.4, 0.5) is 0 Å². The third-order valence-electron chi connectivity index (χ3n) is 5.40. The Hall–Kier alpha value is -1.18. The highest BCUT2D eigenvalue weighted by molar-refractivity contribution is 5.73. The van der Waals surface area contributed by atoms with Crippen molar-refractivity contribution in [1.29, 1.82) is 0 Å². The van der Waals surface area contributed by atoms with Gasteiger partial charge in [0.05, 0.1) is 11.8 Å². The van der Waals surface area contributed by atoms with Crippen LogP contribution in [0.5, 0.6) is 0 Å². The number of aliphatic hydroxyl groups is 2. The zero-order valence-electron chi connectivity index (χ0n) is 18.5. The number of hydrogen-bond donors (Lipinski definition) is 2. The first-order valence-corrected chi connectivity index (χ1v) is 11.3. The summed E-state index contributed by atoms with van der Waals surface area (Å²) < 4.78 is 16.3.